The second-order valence-corrected chi connectivity index (χ2v) is 7.25. The molecule has 5 aromatic rings. The predicted octanol–water partition coefficient (Wildman–Crippen LogP) is 3.33. The van der Waals surface area contributed by atoms with Crippen LogP contribution in [0.2, 0.25) is 0 Å². The minimum Gasteiger partial charge on any atom is -0.336 e. The van der Waals surface area contributed by atoms with Gasteiger partial charge in [-0.15, -0.1) is 0 Å². The molecule has 1 aliphatic heterocycles. The third kappa shape index (κ3) is 2.77. The van der Waals surface area contributed by atoms with Gasteiger partial charge in [-0.3, -0.25) is 20.1 Å². The zero-order chi connectivity index (χ0) is 19.9. The predicted molar refractivity (Wildman–Crippen MR) is 115 cm³/mol. The first-order chi connectivity index (χ1) is 14.9. The fourth-order valence-corrected chi connectivity index (χ4v) is 3.90. The molecule has 6 heterocycles. The molecule has 6 rings (SSSR count). The summed E-state index contributed by atoms with van der Waals surface area (Å²) in [5.41, 5.74) is 7.43. The van der Waals surface area contributed by atoms with Gasteiger partial charge in [0.15, 0.2) is 5.82 Å². The Kier molecular flexibility index (Phi) is 3.88. The highest BCUT2D eigenvalue weighted by Gasteiger charge is 2.17. The zero-order valence-electron chi connectivity index (χ0n) is 16.1. The molecule has 0 spiro atoms. The van der Waals surface area contributed by atoms with Gasteiger partial charge in [-0.25, -0.2) is 4.98 Å². The first-order valence-corrected chi connectivity index (χ1v) is 9.86. The van der Waals surface area contributed by atoms with E-state index in [1.54, 1.807) is 18.6 Å². The number of aromatic amines is 2. The van der Waals surface area contributed by atoms with Crippen LogP contribution in [0.1, 0.15) is 12.1 Å². The first-order valence-electron chi connectivity index (χ1n) is 9.86. The van der Waals surface area contributed by atoms with Crippen molar-refractivity contribution in [3.05, 3.63) is 60.8 Å². The number of hydrogen-bond acceptors (Lipinski definition) is 6. The van der Waals surface area contributed by atoms with Gasteiger partial charge in [-0.2, -0.15) is 5.10 Å². The molecule has 0 radical (unpaired) electrons. The molecular formula is C22H18N8. The minimum absolute atomic E-state index is 0.705. The fourth-order valence-electron chi connectivity index (χ4n) is 3.90. The summed E-state index contributed by atoms with van der Waals surface area (Å²) >= 11 is 0. The summed E-state index contributed by atoms with van der Waals surface area (Å²) in [5, 5.41) is 11.9. The average molecular weight is 394 g/mol. The molecule has 0 amide bonds. The van der Waals surface area contributed by atoms with Gasteiger partial charge in [0.25, 0.3) is 0 Å². The van der Waals surface area contributed by atoms with Crippen molar-refractivity contribution in [1.82, 2.24) is 40.4 Å². The van der Waals surface area contributed by atoms with Crippen molar-refractivity contribution in [2.75, 3.05) is 13.1 Å². The van der Waals surface area contributed by atoms with Gasteiger partial charge in [0.05, 0.1) is 28.6 Å². The van der Waals surface area contributed by atoms with E-state index >= 15 is 0 Å². The van der Waals surface area contributed by atoms with Crippen LogP contribution in [0.5, 0.6) is 0 Å². The fraction of sp³-hybridized carbons (Fsp3) is 0.136. The standard InChI is InChI=1S/C22H18N8/c1-6-23-7-2-13(1)17-11-15-18(12-26-17)29-30-20(15)22-27-16-5-10-25-19(21(16)28-22)14-3-8-24-9-4-14/h1,3-5,8-12,23H,2,6-7H2,(H,27,28)(H,29,30). The van der Waals surface area contributed by atoms with Crippen LogP contribution < -0.4 is 5.32 Å². The number of nitrogens with one attached hydrogen (secondary N) is 3. The summed E-state index contributed by atoms with van der Waals surface area (Å²) in [6.45, 7) is 1.85. The molecule has 0 saturated heterocycles. The van der Waals surface area contributed by atoms with E-state index in [1.165, 1.54) is 5.57 Å². The number of imidazole rings is 1. The van der Waals surface area contributed by atoms with Crippen LogP contribution in [-0.2, 0) is 0 Å². The summed E-state index contributed by atoms with van der Waals surface area (Å²) in [4.78, 5) is 21.5. The maximum Gasteiger partial charge on any atom is 0.159 e. The maximum atomic E-state index is 4.86. The van der Waals surface area contributed by atoms with E-state index in [4.69, 9.17) is 4.98 Å². The van der Waals surface area contributed by atoms with Crippen molar-refractivity contribution in [2.24, 2.45) is 0 Å². The Balaban J connectivity index is 1.50. The lowest BCUT2D eigenvalue weighted by molar-refractivity contribution is 0.737. The van der Waals surface area contributed by atoms with E-state index in [0.29, 0.717) is 5.82 Å². The van der Waals surface area contributed by atoms with E-state index in [2.05, 4.69) is 47.6 Å². The third-order valence-corrected chi connectivity index (χ3v) is 5.42. The Morgan fingerprint density at radius 3 is 2.73 bits per heavy atom. The molecule has 0 atom stereocenters. The van der Waals surface area contributed by atoms with Crippen molar-refractivity contribution < 1.29 is 0 Å². The highest BCUT2D eigenvalue weighted by atomic mass is 15.1. The molecule has 1 aliphatic rings. The van der Waals surface area contributed by atoms with E-state index in [0.717, 1.165) is 64.1 Å². The van der Waals surface area contributed by atoms with Crippen molar-refractivity contribution >= 4 is 27.5 Å². The molecule has 0 fully saturated rings. The number of pyridine rings is 3. The summed E-state index contributed by atoms with van der Waals surface area (Å²) < 4.78 is 0. The van der Waals surface area contributed by atoms with Gasteiger partial charge < -0.3 is 10.3 Å². The Hall–Kier alpha value is -3.91. The topological polar surface area (TPSA) is 108 Å². The van der Waals surface area contributed by atoms with Crippen molar-refractivity contribution in [3.8, 4) is 22.8 Å². The zero-order valence-corrected chi connectivity index (χ0v) is 16.1. The second-order valence-electron chi connectivity index (χ2n) is 7.25. The number of nitrogens with zero attached hydrogens (tertiary/aromatic N) is 5. The van der Waals surface area contributed by atoms with E-state index in [1.807, 2.05) is 24.4 Å². The van der Waals surface area contributed by atoms with Crippen LogP contribution >= 0.6 is 0 Å². The normalized spacial score (nSPS) is 14.3. The molecule has 0 unspecified atom stereocenters. The molecule has 146 valence electrons. The lowest BCUT2D eigenvalue weighted by atomic mass is 10.0. The van der Waals surface area contributed by atoms with Crippen molar-refractivity contribution in [2.45, 2.75) is 6.42 Å². The quantitative estimate of drug-likeness (QED) is 0.433. The average Bonchev–Trinajstić information content (AvgIpc) is 3.43. The van der Waals surface area contributed by atoms with Crippen LogP contribution in [0, 0.1) is 0 Å². The molecular weight excluding hydrogens is 376 g/mol. The van der Waals surface area contributed by atoms with Crippen molar-refractivity contribution in [1.29, 1.82) is 0 Å². The lowest BCUT2D eigenvalue weighted by Crippen LogP contribution is -2.20. The molecule has 0 aliphatic carbocycles. The van der Waals surface area contributed by atoms with Gasteiger partial charge in [-0.1, -0.05) is 6.08 Å². The van der Waals surface area contributed by atoms with Gasteiger partial charge in [0.1, 0.15) is 11.2 Å². The first kappa shape index (κ1) is 17.0. The van der Waals surface area contributed by atoms with Crippen LogP contribution in [0.3, 0.4) is 0 Å². The molecule has 0 aromatic carbocycles. The molecule has 30 heavy (non-hydrogen) atoms. The van der Waals surface area contributed by atoms with E-state index < -0.39 is 0 Å². The number of fused-ring (bicyclic) bond motifs is 2. The van der Waals surface area contributed by atoms with Crippen LogP contribution in [0.4, 0.5) is 0 Å². The van der Waals surface area contributed by atoms with Gasteiger partial charge in [0.2, 0.25) is 0 Å². The van der Waals surface area contributed by atoms with Gasteiger partial charge >= 0.3 is 0 Å². The Labute approximate surface area is 171 Å². The summed E-state index contributed by atoms with van der Waals surface area (Å²) in [5.74, 6) is 0.705. The van der Waals surface area contributed by atoms with Gasteiger partial charge in [-0.05, 0) is 42.8 Å². The summed E-state index contributed by atoms with van der Waals surface area (Å²) in [6, 6.07) is 7.90. The molecule has 3 N–H and O–H groups in total. The third-order valence-electron chi connectivity index (χ3n) is 5.42. The van der Waals surface area contributed by atoms with E-state index in [-0.39, 0.29) is 0 Å². The molecule has 8 nitrogen and oxygen atoms in total. The number of H-pyrrole nitrogens is 2. The molecule has 0 saturated carbocycles. The highest BCUT2D eigenvalue weighted by molar-refractivity contribution is 5.96. The Bertz CT molecular complexity index is 1400. The van der Waals surface area contributed by atoms with Crippen molar-refractivity contribution in [3.63, 3.8) is 0 Å². The summed E-state index contributed by atoms with van der Waals surface area (Å²) in [7, 11) is 0. The Morgan fingerprint density at radius 2 is 1.87 bits per heavy atom. The van der Waals surface area contributed by atoms with Crippen LogP contribution in [-0.4, -0.2) is 48.2 Å². The van der Waals surface area contributed by atoms with E-state index in [9.17, 15) is 0 Å². The minimum atomic E-state index is 0.705. The second kappa shape index (κ2) is 6.85. The SMILES string of the molecule is C1=C(c2cc3c(-c4nc5c(-c6ccncc6)nccc5[nH]4)n[nH]c3cn2)CCNC1. The highest BCUT2D eigenvalue weighted by Crippen LogP contribution is 2.31. The maximum absolute atomic E-state index is 4.86. The number of hydrogen-bond donors (Lipinski definition) is 3. The largest absolute Gasteiger partial charge is 0.336 e. The van der Waals surface area contributed by atoms with Crippen LogP contribution in [0.15, 0.2) is 55.1 Å². The summed E-state index contributed by atoms with van der Waals surface area (Å²) in [6.07, 6.45) is 10.3. The number of rotatable bonds is 3. The lowest BCUT2D eigenvalue weighted by Gasteiger charge is -2.13. The van der Waals surface area contributed by atoms with Gasteiger partial charge in [0, 0.05) is 36.1 Å². The smallest absolute Gasteiger partial charge is 0.159 e. The number of aromatic nitrogens is 7. The molecule has 8 heteroatoms. The van der Waals surface area contributed by atoms with Crippen LogP contribution in [0.25, 0.3) is 50.3 Å². The Morgan fingerprint density at radius 1 is 0.933 bits per heavy atom. The monoisotopic (exact) mass is 394 g/mol. The molecule has 0 bridgehead atoms. The molecule has 5 aromatic heterocycles.